The van der Waals surface area contributed by atoms with Crippen LogP contribution in [0.4, 0.5) is 0 Å². The number of hydrogen-bond acceptors (Lipinski definition) is 4. The van der Waals surface area contributed by atoms with Gasteiger partial charge in [-0.2, -0.15) is 5.10 Å². The molecular weight excluding hydrogens is 234 g/mol. The second-order valence-corrected chi connectivity index (χ2v) is 4.04. The minimum Gasteiger partial charge on any atom is -0.271 e. The molecule has 3 rings (SSSR count). The van der Waals surface area contributed by atoms with E-state index in [1.54, 1.807) is 24.3 Å². The molecule has 6 heteroatoms. The molecule has 1 aromatic heterocycles. The van der Waals surface area contributed by atoms with Gasteiger partial charge in [-0.1, -0.05) is 18.2 Å². The number of benzene rings is 1. The van der Waals surface area contributed by atoms with Crippen molar-refractivity contribution in [1.29, 1.82) is 0 Å². The largest absolute Gasteiger partial charge is 0.298 e. The smallest absolute Gasteiger partial charge is 0.271 e. The van der Waals surface area contributed by atoms with E-state index in [9.17, 15) is 9.59 Å². The average Bonchev–Trinajstić information content (AvgIpc) is 2.93. The number of rotatable bonds is 1. The van der Waals surface area contributed by atoms with Gasteiger partial charge in [0.1, 0.15) is 0 Å². The monoisotopic (exact) mass is 245 g/mol. The van der Waals surface area contributed by atoms with E-state index in [2.05, 4.69) is 10.2 Å². The Morgan fingerprint density at radius 2 is 2.11 bits per heavy atom. The highest BCUT2D eigenvalue weighted by Crippen LogP contribution is 2.16. The molecule has 2 heterocycles. The molecule has 1 aliphatic heterocycles. The molecule has 0 aliphatic carbocycles. The lowest BCUT2D eigenvalue weighted by Crippen LogP contribution is -2.29. The van der Waals surface area contributed by atoms with Gasteiger partial charge in [0.05, 0.1) is 18.5 Å². The third kappa shape index (κ3) is 1.67. The number of H-pyrrole nitrogens is 1. The van der Waals surface area contributed by atoms with E-state index < -0.39 is 0 Å². The molecule has 1 saturated heterocycles. The molecule has 1 N–H and O–H groups in total. The van der Waals surface area contributed by atoms with Crippen molar-refractivity contribution in [2.45, 2.75) is 6.42 Å². The number of fused-ring (bicyclic) bond motifs is 1. The van der Waals surface area contributed by atoms with E-state index in [-0.39, 0.29) is 17.2 Å². The number of carbonyl (C=O) groups is 1. The Morgan fingerprint density at radius 3 is 2.83 bits per heavy atom. The van der Waals surface area contributed by atoms with Crippen LogP contribution in [-0.2, 0) is 4.84 Å². The van der Waals surface area contributed by atoms with Crippen molar-refractivity contribution in [2.75, 3.05) is 13.2 Å². The van der Waals surface area contributed by atoms with Crippen LogP contribution in [0.25, 0.3) is 10.8 Å². The molecule has 0 radical (unpaired) electrons. The molecule has 0 spiro atoms. The lowest BCUT2D eigenvalue weighted by molar-refractivity contribution is -0.0771. The SMILES string of the molecule is O=C(c1n[nH]c(=O)c2ccccc12)N1CCCO1. The van der Waals surface area contributed by atoms with Crippen LogP contribution in [0, 0.1) is 0 Å². The van der Waals surface area contributed by atoms with Crippen molar-refractivity contribution < 1.29 is 9.63 Å². The van der Waals surface area contributed by atoms with E-state index in [0.717, 1.165) is 6.42 Å². The summed E-state index contributed by atoms with van der Waals surface area (Å²) in [5, 5.41) is 8.46. The Kier molecular flexibility index (Phi) is 2.56. The van der Waals surface area contributed by atoms with Gasteiger partial charge >= 0.3 is 0 Å². The maximum absolute atomic E-state index is 12.2. The highest BCUT2D eigenvalue weighted by atomic mass is 16.7. The van der Waals surface area contributed by atoms with E-state index in [4.69, 9.17) is 4.84 Å². The summed E-state index contributed by atoms with van der Waals surface area (Å²) in [5.74, 6) is -0.319. The number of amides is 1. The van der Waals surface area contributed by atoms with Crippen LogP contribution in [-0.4, -0.2) is 34.3 Å². The normalized spacial score (nSPS) is 15.2. The number of nitrogens with zero attached hydrogens (tertiary/aromatic N) is 2. The number of aromatic amines is 1. The topological polar surface area (TPSA) is 75.3 Å². The van der Waals surface area contributed by atoms with Gasteiger partial charge in [0.25, 0.3) is 11.5 Å². The van der Waals surface area contributed by atoms with Gasteiger partial charge in [-0.15, -0.1) is 0 Å². The summed E-state index contributed by atoms with van der Waals surface area (Å²) < 4.78 is 0. The predicted molar refractivity (Wildman–Crippen MR) is 64.0 cm³/mol. The first-order valence-corrected chi connectivity index (χ1v) is 5.69. The molecule has 0 atom stereocenters. The van der Waals surface area contributed by atoms with Crippen molar-refractivity contribution in [3.8, 4) is 0 Å². The molecule has 0 saturated carbocycles. The second-order valence-electron chi connectivity index (χ2n) is 4.04. The minimum atomic E-state index is -0.319. The van der Waals surface area contributed by atoms with Crippen LogP contribution >= 0.6 is 0 Å². The Bertz CT molecular complexity index is 659. The number of aromatic nitrogens is 2. The lowest BCUT2D eigenvalue weighted by Gasteiger charge is -2.13. The van der Waals surface area contributed by atoms with E-state index >= 15 is 0 Å². The second kappa shape index (κ2) is 4.23. The Labute approximate surface area is 102 Å². The highest BCUT2D eigenvalue weighted by Gasteiger charge is 2.24. The summed E-state index contributed by atoms with van der Waals surface area (Å²) in [6.07, 6.45) is 0.813. The third-order valence-corrected chi connectivity index (χ3v) is 2.88. The van der Waals surface area contributed by atoms with Gasteiger partial charge in [0, 0.05) is 5.39 Å². The molecular formula is C12H11N3O3. The van der Waals surface area contributed by atoms with Crippen molar-refractivity contribution in [2.24, 2.45) is 0 Å². The number of hydrogen-bond donors (Lipinski definition) is 1. The fourth-order valence-electron chi connectivity index (χ4n) is 2.00. The molecule has 1 aromatic carbocycles. The van der Waals surface area contributed by atoms with Crippen LogP contribution in [0.5, 0.6) is 0 Å². The molecule has 1 fully saturated rings. The summed E-state index contributed by atoms with van der Waals surface area (Å²) in [6, 6.07) is 6.89. The maximum Gasteiger partial charge on any atom is 0.298 e. The minimum absolute atomic E-state index is 0.215. The molecule has 18 heavy (non-hydrogen) atoms. The average molecular weight is 245 g/mol. The first kappa shape index (κ1) is 10.9. The fraction of sp³-hybridized carbons (Fsp3) is 0.250. The number of nitrogens with one attached hydrogen (secondary N) is 1. The summed E-state index contributed by atoms with van der Waals surface area (Å²) in [7, 11) is 0. The first-order chi connectivity index (χ1) is 8.77. The Balaban J connectivity index is 2.14. The molecule has 1 aliphatic rings. The van der Waals surface area contributed by atoms with Crippen molar-refractivity contribution in [3.63, 3.8) is 0 Å². The van der Waals surface area contributed by atoms with Crippen LogP contribution < -0.4 is 5.56 Å². The zero-order valence-corrected chi connectivity index (χ0v) is 9.55. The molecule has 6 nitrogen and oxygen atoms in total. The number of hydroxylamine groups is 2. The zero-order chi connectivity index (χ0) is 12.5. The van der Waals surface area contributed by atoms with Gasteiger partial charge in [0.15, 0.2) is 5.69 Å². The van der Waals surface area contributed by atoms with Gasteiger partial charge < -0.3 is 0 Å². The highest BCUT2D eigenvalue weighted by molar-refractivity contribution is 6.04. The zero-order valence-electron chi connectivity index (χ0n) is 9.55. The molecule has 92 valence electrons. The van der Waals surface area contributed by atoms with Crippen molar-refractivity contribution >= 4 is 16.7 Å². The summed E-state index contributed by atoms with van der Waals surface area (Å²) in [6.45, 7) is 1.08. The molecule has 0 unspecified atom stereocenters. The molecule has 2 aromatic rings. The van der Waals surface area contributed by atoms with Crippen LogP contribution in [0.15, 0.2) is 29.1 Å². The van der Waals surface area contributed by atoms with E-state index in [1.165, 1.54) is 5.06 Å². The quantitative estimate of drug-likeness (QED) is 0.802. The van der Waals surface area contributed by atoms with Gasteiger partial charge in [-0.25, -0.2) is 10.2 Å². The van der Waals surface area contributed by atoms with Gasteiger partial charge in [0.2, 0.25) is 0 Å². The van der Waals surface area contributed by atoms with Gasteiger partial charge in [-0.3, -0.25) is 14.4 Å². The summed E-state index contributed by atoms with van der Waals surface area (Å²) >= 11 is 0. The van der Waals surface area contributed by atoms with Crippen LogP contribution in [0.2, 0.25) is 0 Å². The Hall–Kier alpha value is -2.21. The molecule has 0 bridgehead atoms. The Morgan fingerprint density at radius 1 is 1.33 bits per heavy atom. The van der Waals surface area contributed by atoms with Crippen molar-refractivity contribution in [1.82, 2.24) is 15.3 Å². The number of carbonyl (C=O) groups excluding carboxylic acids is 1. The fourth-order valence-corrected chi connectivity index (χ4v) is 2.00. The maximum atomic E-state index is 12.2. The lowest BCUT2D eigenvalue weighted by atomic mass is 10.1. The van der Waals surface area contributed by atoms with Crippen LogP contribution in [0.3, 0.4) is 0 Å². The standard InChI is InChI=1S/C12H11N3O3/c16-11-9-5-2-1-4-8(9)10(13-14-11)12(17)15-6-3-7-18-15/h1-2,4-5H,3,6-7H2,(H,14,16). The summed E-state index contributed by atoms with van der Waals surface area (Å²) in [5.41, 5.74) is -0.0865. The summed E-state index contributed by atoms with van der Waals surface area (Å²) in [4.78, 5) is 29.0. The van der Waals surface area contributed by atoms with Crippen molar-refractivity contribution in [3.05, 3.63) is 40.3 Å². The third-order valence-electron chi connectivity index (χ3n) is 2.88. The molecule has 1 amide bonds. The van der Waals surface area contributed by atoms with Crippen LogP contribution in [0.1, 0.15) is 16.9 Å². The predicted octanol–water partition coefficient (Wildman–Crippen LogP) is 0.701. The van der Waals surface area contributed by atoms with E-state index in [0.29, 0.717) is 23.9 Å². The first-order valence-electron chi connectivity index (χ1n) is 5.69. The van der Waals surface area contributed by atoms with Gasteiger partial charge in [-0.05, 0) is 12.5 Å². The van der Waals surface area contributed by atoms with E-state index in [1.807, 2.05) is 0 Å².